The molecule has 35 heavy (non-hydrogen) atoms. The highest BCUT2D eigenvalue weighted by atomic mass is 19.4. The zero-order valence-electron chi connectivity index (χ0n) is 19.0. The Balaban J connectivity index is 2.22. The van der Waals surface area contributed by atoms with Crippen LogP contribution in [0.5, 0.6) is 5.75 Å². The molecule has 1 saturated carbocycles. The van der Waals surface area contributed by atoms with Crippen molar-refractivity contribution in [3.63, 3.8) is 0 Å². The molecule has 0 aliphatic heterocycles. The first-order chi connectivity index (χ1) is 16.3. The molecule has 1 atom stereocenters. The average Bonchev–Trinajstić information content (AvgIpc) is 3.59. The second-order valence-corrected chi connectivity index (χ2v) is 8.99. The number of hydrogen-bond donors (Lipinski definition) is 0. The molecular weight excluding hydrogens is 478 g/mol. The number of alkyl halides is 6. The lowest BCUT2D eigenvalue weighted by molar-refractivity contribution is -0.153. The summed E-state index contributed by atoms with van der Waals surface area (Å²) in [6, 6.07) is 5.74. The van der Waals surface area contributed by atoms with Gasteiger partial charge < -0.3 is 9.47 Å². The van der Waals surface area contributed by atoms with Gasteiger partial charge in [-0.25, -0.2) is 0 Å². The van der Waals surface area contributed by atoms with Crippen molar-refractivity contribution in [3.05, 3.63) is 53.1 Å². The van der Waals surface area contributed by atoms with Crippen LogP contribution in [0.2, 0.25) is 0 Å². The number of hydrogen-bond acceptors (Lipinski definition) is 4. The van der Waals surface area contributed by atoms with Gasteiger partial charge in [0.25, 0.3) is 0 Å². The molecule has 0 heterocycles. The minimum Gasteiger partial charge on any atom is -0.492 e. The van der Waals surface area contributed by atoms with Gasteiger partial charge in [0, 0.05) is 5.56 Å². The maximum absolute atomic E-state index is 14.2. The third kappa shape index (κ3) is 6.76. The van der Waals surface area contributed by atoms with Gasteiger partial charge in [-0.15, -0.1) is 0 Å². The quantitative estimate of drug-likeness (QED) is 0.160. The smallest absolute Gasteiger partial charge is 0.419 e. The Morgan fingerprint density at radius 1 is 1.03 bits per heavy atom. The molecule has 1 aliphatic carbocycles. The molecule has 4 nitrogen and oxygen atoms in total. The first-order valence-electron chi connectivity index (χ1n) is 11.0. The van der Waals surface area contributed by atoms with E-state index in [1.165, 1.54) is 6.07 Å². The van der Waals surface area contributed by atoms with Crippen molar-refractivity contribution in [2.45, 2.75) is 51.4 Å². The van der Waals surface area contributed by atoms with Gasteiger partial charge in [-0.05, 0) is 66.5 Å². The Bertz CT molecular complexity index is 1050. The number of ether oxygens (including phenoxy) is 2. The highest BCUT2D eigenvalue weighted by molar-refractivity contribution is 5.84. The predicted octanol–water partition coefficient (Wildman–Crippen LogP) is 7.01. The van der Waals surface area contributed by atoms with E-state index < -0.39 is 41.1 Å². The first-order valence-corrected chi connectivity index (χ1v) is 11.0. The topological polar surface area (TPSA) is 52.6 Å². The molecule has 1 fully saturated rings. The zero-order valence-corrected chi connectivity index (χ0v) is 19.0. The van der Waals surface area contributed by atoms with E-state index >= 15 is 0 Å². The van der Waals surface area contributed by atoms with Crippen molar-refractivity contribution < 1.29 is 45.4 Å². The minimum absolute atomic E-state index is 0.0265. The van der Waals surface area contributed by atoms with E-state index in [0.29, 0.717) is 0 Å². The highest BCUT2D eigenvalue weighted by Gasteiger charge is 2.39. The number of esters is 1. The predicted molar refractivity (Wildman–Crippen MR) is 114 cm³/mol. The van der Waals surface area contributed by atoms with Crippen LogP contribution in [0.25, 0.3) is 11.1 Å². The Kier molecular flexibility index (Phi) is 7.81. The molecule has 10 heteroatoms. The third-order valence-corrected chi connectivity index (χ3v) is 5.66. The summed E-state index contributed by atoms with van der Waals surface area (Å²) in [4.78, 5) is 23.2. The van der Waals surface area contributed by atoms with Crippen molar-refractivity contribution in [2.24, 2.45) is 11.8 Å². The Labute approximate surface area is 198 Å². The first kappa shape index (κ1) is 26.6. The van der Waals surface area contributed by atoms with Crippen LogP contribution in [0.1, 0.15) is 55.7 Å². The number of halogens is 6. The molecule has 0 amide bonds. The molecule has 0 aromatic heterocycles. The van der Waals surface area contributed by atoms with Gasteiger partial charge in [-0.1, -0.05) is 26.0 Å². The molecule has 0 radical (unpaired) electrons. The molecule has 0 spiro atoms. The van der Waals surface area contributed by atoms with Crippen LogP contribution >= 0.6 is 0 Å². The van der Waals surface area contributed by atoms with E-state index in [2.05, 4.69) is 4.74 Å². The summed E-state index contributed by atoms with van der Waals surface area (Å²) in [5.41, 5.74) is -2.23. The van der Waals surface area contributed by atoms with E-state index in [9.17, 15) is 35.9 Å². The fourth-order valence-corrected chi connectivity index (χ4v) is 3.73. The van der Waals surface area contributed by atoms with E-state index in [0.717, 1.165) is 43.2 Å². The minimum atomic E-state index is -4.88. The second kappa shape index (κ2) is 10.3. The van der Waals surface area contributed by atoms with E-state index in [1.807, 2.05) is 0 Å². The number of carbonyl (C=O) groups excluding carboxylic acids is 2. The fourth-order valence-electron chi connectivity index (χ4n) is 3.73. The second-order valence-electron chi connectivity index (χ2n) is 8.99. The summed E-state index contributed by atoms with van der Waals surface area (Å²) in [7, 11) is 0. The van der Waals surface area contributed by atoms with Crippen molar-refractivity contribution in [1.82, 2.24) is 0 Å². The molecule has 0 bridgehead atoms. The summed E-state index contributed by atoms with van der Waals surface area (Å²) >= 11 is 0. The maximum Gasteiger partial charge on any atom is 0.419 e. The van der Waals surface area contributed by atoms with Gasteiger partial charge in [0.1, 0.15) is 5.75 Å². The zero-order chi connectivity index (χ0) is 26.0. The van der Waals surface area contributed by atoms with Gasteiger partial charge in [-0.3, -0.25) is 9.59 Å². The van der Waals surface area contributed by atoms with Gasteiger partial charge in [0.05, 0.1) is 23.7 Å². The Morgan fingerprint density at radius 3 is 2.14 bits per heavy atom. The van der Waals surface area contributed by atoms with Gasteiger partial charge >= 0.3 is 24.8 Å². The van der Waals surface area contributed by atoms with Crippen molar-refractivity contribution in [2.75, 3.05) is 6.61 Å². The molecule has 2 aromatic carbocycles. The van der Waals surface area contributed by atoms with Gasteiger partial charge in [0.2, 0.25) is 0 Å². The van der Waals surface area contributed by atoms with E-state index in [-0.39, 0.29) is 48.0 Å². The molecule has 1 unspecified atom stereocenters. The van der Waals surface area contributed by atoms with Gasteiger partial charge in [-0.2, -0.15) is 26.3 Å². The third-order valence-electron chi connectivity index (χ3n) is 5.66. The lowest BCUT2D eigenvalue weighted by Gasteiger charge is -2.23. The van der Waals surface area contributed by atoms with Crippen molar-refractivity contribution >= 4 is 12.4 Å². The molecule has 0 N–H and O–H groups in total. The number of carbonyl (C=O) groups is 2. The van der Waals surface area contributed by atoms with Crippen LogP contribution in [-0.2, 0) is 26.7 Å². The SMILES string of the molecule is CC(C)CC(C(=O)OC=O)c1cc(-c2ccc(C(F)(F)F)cc2)c(OCC2CC2)c(C(F)(F)F)c1. The number of rotatable bonds is 9. The lowest BCUT2D eigenvalue weighted by Crippen LogP contribution is -2.19. The average molecular weight is 502 g/mol. The largest absolute Gasteiger partial charge is 0.492 e. The van der Waals surface area contributed by atoms with Crippen LogP contribution in [0.15, 0.2) is 36.4 Å². The van der Waals surface area contributed by atoms with E-state index in [4.69, 9.17) is 4.74 Å². The van der Waals surface area contributed by atoms with Crippen LogP contribution in [0.3, 0.4) is 0 Å². The molecule has 190 valence electrons. The molecule has 3 rings (SSSR count). The van der Waals surface area contributed by atoms with Crippen LogP contribution < -0.4 is 4.74 Å². The van der Waals surface area contributed by atoms with Crippen LogP contribution in [-0.4, -0.2) is 19.0 Å². The van der Waals surface area contributed by atoms with Crippen LogP contribution in [0, 0.1) is 11.8 Å². The van der Waals surface area contributed by atoms with Gasteiger partial charge in [0.15, 0.2) is 0 Å². The normalized spacial score (nSPS) is 15.1. The van der Waals surface area contributed by atoms with Crippen molar-refractivity contribution in [3.8, 4) is 16.9 Å². The Hall–Kier alpha value is -3.04. The summed E-state index contributed by atoms with van der Waals surface area (Å²) < 4.78 is 91.6. The summed E-state index contributed by atoms with van der Waals surface area (Å²) in [6.07, 6.45) is -7.80. The highest BCUT2D eigenvalue weighted by Crippen LogP contribution is 2.46. The summed E-state index contributed by atoms with van der Waals surface area (Å²) in [6.45, 7) is 3.42. The van der Waals surface area contributed by atoms with Crippen LogP contribution in [0.4, 0.5) is 26.3 Å². The lowest BCUT2D eigenvalue weighted by atomic mass is 9.86. The Morgan fingerprint density at radius 2 is 1.66 bits per heavy atom. The van der Waals surface area contributed by atoms with Crippen molar-refractivity contribution in [1.29, 1.82) is 0 Å². The monoisotopic (exact) mass is 502 g/mol. The summed E-state index contributed by atoms with van der Waals surface area (Å²) in [5.74, 6) is -2.78. The fraction of sp³-hybridized carbons (Fsp3) is 0.440. The standard InChI is InChI=1S/C25H24F6O4/c1-14(2)9-20(23(33)35-13-32)17-10-19(16-5-7-18(8-6-16)24(26,27)28)22(34-12-15-3-4-15)21(11-17)25(29,30)31/h5-8,10-11,13-15,20H,3-4,9,12H2,1-2H3. The molecule has 1 aliphatic rings. The number of benzene rings is 2. The molecule has 0 saturated heterocycles. The molecular formula is C25H24F6O4. The van der Waals surface area contributed by atoms with E-state index in [1.54, 1.807) is 13.8 Å². The summed E-state index contributed by atoms with van der Waals surface area (Å²) in [5, 5.41) is 0. The maximum atomic E-state index is 14.2. The molecule has 2 aromatic rings.